The van der Waals surface area contributed by atoms with E-state index in [0.29, 0.717) is 17.2 Å². The molecular weight excluding hydrogens is 248 g/mol. The Kier molecular flexibility index (Phi) is 3.32. The average Bonchev–Trinajstić information content (AvgIpc) is 2.26. The van der Waals surface area contributed by atoms with Crippen LogP contribution in [0.2, 0.25) is 0 Å². The first-order chi connectivity index (χ1) is 8.77. The molecule has 0 fully saturated rings. The topological polar surface area (TPSA) is 51.8 Å². The summed E-state index contributed by atoms with van der Waals surface area (Å²) in [6.45, 7) is 5.32. The molecule has 0 unspecified atom stereocenters. The maximum absolute atomic E-state index is 13.8. The van der Waals surface area contributed by atoms with Crippen molar-refractivity contribution in [3.8, 4) is 11.3 Å². The average molecular weight is 263 g/mol. The largest absolute Gasteiger partial charge is 0.319 e. The Morgan fingerprint density at radius 1 is 1.11 bits per heavy atom. The molecule has 19 heavy (non-hydrogen) atoms. The second-order valence-corrected chi connectivity index (χ2v) is 5.06. The minimum atomic E-state index is -0.725. The molecule has 2 aromatic rings. The van der Waals surface area contributed by atoms with Gasteiger partial charge in [-0.05, 0) is 39.0 Å². The summed E-state index contributed by atoms with van der Waals surface area (Å²) in [5, 5.41) is 0. The lowest BCUT2D eigenvalue weighted by Gasteiger charge is -2.18. The fraction of sp³-hybridized carbons (Fsp3) is 0.286. The molecule has 0 saturated heterocycles. The SMILES string of the molecule is Cc1cc(-c2ccc(F)cc2F)nc(C(C)(C)N)n1. The lowest BCUT2D eigenvalue weighted by atomic mass is 10.0. The van der Waals surface area contributed by atoms with E-state index in [0.717, 1.165) is 6.07 Å². The van der Waals surface area contributed by atoms with Gasteiger partial charge in [0.15, 0.2) is 0 Å². The molecule has 3 nitrogen and oxygen atoms in total. The molecule has 1 aromatic heterocycles. The number of halogens is 2. The van der Waals surface area contributed by atoms with Gasteiger partial charge in [-0.3, -0.25) is 0 Å². The number of benzene rings is 1. The molecule has 0 bridgehead atoms. The highest BCUT2D eigenvalue weighted by Crippen LogP contribution is 2.24. The van der Waals surface area contributed by atoms with Crippen molar-refractivity contribution in [2.24, 2.45) is 5.73 Å². The van der Waals surface area contributed by atoms with E-state index in [1.54, 1.807) is 26.8 Å². The molecule has 0 atom stereocenters. The molecule has 0 aliphatic rings. The van der Waals surface area contributed by atoms with Gasteiger partial charge in [0.1, 0.15) is 17.5 Å². The van der Waals surface area contributed by atoms with Crippen LogP contribution in [0.5, 0.6) is 0 Å². The second-order valence-electron chi connectivity index (χ2n) is 5.06. The zero-order chi connectivity index (χ0) is 14.2. The standard InChI is InChI=1S/C14H15F2N3/c1-8-6-12(19-13(18-8)14(2,3)17)10-5-4-9(15)7-11(10)16/h4-7H,17H2,1-3H3. The van der Waals surface area contributed by atoms with E-state index in [-0.39, 0.29) is 5.56 Å². The Bertz CT molecular complexity index is 619. The van der Waals surface area contributed by atoms with E-state index in [2.05, 4.69) is 9.97 Å². The molecule has 1 heterocycles. The van der Waals surface area contributed by atoms with Crippen LogP contribution in [0.1, 0.15) is 25.4 Å². The van der Waals surface area contributed by atoms with Gasteiger partial charge < -0.3 is 5.73 Å². The van der Waals surface area contributed by atoms with Crippen LogP contribution in [-0.2, 0) is 5.54 Å². The first kappa shape index (κ1) is 13.5. The predicted octanol–water partition coefficient (Wildman–Crippen LogP) is 2.92. The van der Waals surface area contributed by atoms with Crippen molar-refractivity contribution in [1.82, 2.24) is 9.97 Å². The highest BCUT2D eigenvalue weighted by Gasteiger charge is 2.20. The number of hydrogen-bond acceptors (Lipinski definition) is 3. The van der Waals surface area contributed by atoms with Gasteiger partial charge in [0.25, 0.3) is 0 Å². The minimum Gasteiger partial charge on any atom is -0.319 e. The molecule has 0 radical (unpaired) electrons. The van der Waals surface area contributed by atoms with Crippen LogP contribution in [0.3, 0.4) is 0 Å². The third kappa shape index (κ3) is 2.93. The number of hydrogen-bond donors (Lipinski definition) is 1. The molecule has 0 aliphatic heterocycles. The highest BCUT2D eigenvalue weighted by molar-refractivity contribution is 5.60. The van der Waals surface area contributed by atoms with Crippen molar-refractivity contribution < 1.29 is 8.78 Å². The van der Waals surface area contributed by atoms with Crippen molar-refractivity contribution in [2.75, 3.05) is 0 Å². The van der Waals surface area contributed by atoms with Crippen LogP contribution in [0.4, 0.5) is 8.78 Å². The summed E-state index contributed by atoms with van der Waals surface area (Å²) in [5.41, 5.74) is 6.55. The molecule has 2 N–H and O–H groups in total. The summed E-state index contributed by atoms with van der Waals surface area (Å²) >= 11 is 0. The summed E-state index contributed by atoms with van der Waals surface area (Å²) in [5.74, 6) is -0.850. The zero-order valence-electron chi connectivity index (χ0n) is 11.0. The van der Waals surface area contributed by atoms with Gasteiger partial charge in [-0.2, -0.15) is 0 Å². The third-order valence-corrected chi connectivity index (χ3v) is 2.64. The van der Waals surface area contributed by atoms with E-state index >= 15 is 0 Å². The second kappa shape index (κ2) is 4.66. The number of nitrogens with zero attached hydrogens (tertiary/aromatic N) is 2. The fourth-order valence-corrected chi connectivity index (χ4v) is 1.69. The van der Waals surface area contributed by atoms with Gasteiger partial charge in [0.05, 0.1) is 11.2 Å². The molecule has 0 aliphatic carbocycles. The van der Waals surface area contributed by atoms with Crippen molar-refractivity contribution in [3.05, 3.63) is 47.4 Å². The van der Waals surface area contributed by atoms with Crippen molar-refractivity contribution in [3.63, 3.8) is 0 Å². The Balaban J connectivity index is 2.59. The van der Waals surface area contributed by atoms with Crippen molar-refractivity contribution in [2.45, 2.75) is 26.3 Å². The van der Waals surface area contributed by atoms with Crippen LogP contribution >= 0.6 is 0 Å². The van der Waals surface area contributed by atoms with Gasteiger partial charge >= 0.3 is 0 Å². The summed E-state index contributed by atoms with van der Waals surface area (Å²) in [7, 11) is 0. The van der Waals surface area contributed by atoms with E-state index in [9.17, 15) is 8.78 Å². The summed E-state index contributed by atoms with van der Waals surface area (Å²) in [6, 6.07) is 5.04. The van der Waals surface area contributed by atoms with Crippen LogP contribution < -0.4 is 5.73 Å². The molecule has 0 saturated carbocycles. The Morgan fingerprint density at radius 2 is 1.79 bits per heavy atom. The zero-order valence-corrected chi connectivity index (χ0v) is 11.0. The lowest BCUT2D eigenvalue weighted by molar-refractivity contribution is 0.512. The molecule has 5 heteroatoms. The number of rotatable bonds is 2. The molecule has 1 aromatic carbocycles. The van der Waals surface area contributed by atoms with E-state index in [1.165, 1.54) is 12.1 Å². The van der Waals surface area contributed by atoms with Crippen LogP contribution in [0, 0.1) is 18.6 Å². The van der Waals surface area contributed by atoms with Gasteiger partial charge in [-0.1, -0.05) is 0 Å². The summed E-state index contributed by atoms with van der Waals surface area (Å²) in [4.78, 5) is 8.51. The van der Waals surface area contributed by atoms with Gasteiger partial charge in [0.2, 0.25) is 0 Å². The van der Waals surface area contributed by atoms with Crippen LogP contribution in [0.15, 0.2) is 24.3 Å². The normalized spacial score (nSPS) is 11.7. The quantitative estimate of drug-likeness (QED) is 0.906. The predicted molar refractivity (Wildman–Crippen MR) is 69.3 cm³/mol. The van der Waals surface area contributed by atoms with Crippen molar-refractivity contribution >= 4 is 0 Å². The van der Waals surface area contributed by atoms with Crippen molar-refractivity contribution in [1.29, 1.82) is 0 Å². The Labute approximate surface area is 110 Å². The Morgan fingerprint density at radius 3 is 2.37 bits per heavy atom. The third-order valence-electron chi connectivity index (χ3n) is 2.64. The minimum absolute atomic E-state index is 0.234. The fourth-order valence-electron chi connectivity index (χ4n) is 1.69. The maximum Gasteiger partial charge on any atom is 0.148 e. The monoisotopic (exact) mass is 263 g/mol. The molecular formula is C14H15F2N3. The molecule has 100 valence electrons. The smallest absolute Gasteiger partial charge is 0.148 e. The molecule has 0 spiro atoms. The molecule has 0 amide bonds. The summed E-state index contributed by atoms with van der Waals surface area (Å²) < 4.78 is 26.7. The van der Waals surface area contributed by atoms with Gasteiger partial charge in [-0.25, -0.2) is 18.7 Å². The van der Waals surface area contributed by atoms with E-state index < -0.39 is 17.2 Å². The van der Waals surface area contributed by atoms with E-state index in [1.807, 2.05) is 0 Å². The number of aryl methyl sites for hydroxylation is 1. The highest BCUT2D eigenvalue weighted by atomic mass is 19.1. The Hall–Kier alpha value is -1.88. The first-order valence-corrected chi connectivity index (χ1v) is 5.88. The molecule has 2 rings (SSSR count). The van der Waals surface area contributed by atoms with Crippen LogP contribution in [-0.4, -0.2) is 9.97 Å². The maximum atomic E-state index is 13.8. The van der Waals surface area contributed by atoms with Gasteiger partial charge in [-0.15, -0.1) is 0 Å². The lowest BCUT2D eigenvalue weighted by Crippen LogP contribution is -2.31. The number of aromatic nitrogens is 2. The van der Waals surface area contributed by atoms with E-state index in [4.69, 9.17) is 5.73 Å². The summed E-state index contributed by atoms with van der Waals surface area (Å²) in [6.07, 6.45) is 0. The first-order valence-electron chi connectivity index (χ1n) is 5.88. The van der Waals surface area contributed by atoms with Gasteiger partial charge in [0, 0.05) is 17.3 Å². The number of nitrogens with two attached hydrogens (primary N) is 1. The van der Waals surface area contributed by atoms with Crippen LogP contribution in [0.25, 0.3) is 11.3 Å².